The molecule has 1 nitrogen and oxygen atoms in total. The summed E-state index contributed by atoms with van der Waals surface area (Å²) in [5, 5.41) is 0. The van der Waals surface area contributed by atoms with E-state index < -0.39 is 0 Å². The third kappa shape index (κ3) is 2.16. The summed E-state index contributed by atoms with van der Waals surface area (Å²) in [7, 11) is 0. The van der Waals surface area contributed by atoms with E-state index in [0.717, 1.165) is 5.69 Å². The Kier molecular flexibility index (Phi) is 2.79. The monoisotopic (exact) mass is 257 g/mol. The average Bonchev–Trinajstić information content (AvgIpc) is 2.98. The van der Waals surface area contributed by atoms with Crippen LogP contribution in [0.4, 0.5) is 0 Å². The van der Waals surface area contributed by atoms with Gasteiger partial charge in [-0.15, -0.1) is 22.7 Å². The lowest BCUT2D eigenvalue weighted by molar-refractivity contribution is 1.34. The molecule has 0 aliphatic heterocycles. The van der Waals surface area contributed by atoms with Gasteiger partial charge in [-0.05, 0) is 43.3 Å². The van der Waals surface area contributed by atoms with Gasteiger partial charge in [0.2, 0.25) is 0 Å². The number of hydrogen-bond acceptors (Lipinski definition) is 3. The SMILES string of the molecule is Cc1ccc(-c2ccc(-c3ccccn3)s2)s1. The van der Waals surface area contributed by atoms with Gasteiger partial charge in [0.25, 0.3) is 0 Å². The molecule has 0 atom stereocenters. The molecule has 0 unspecified atom stereocenters. The van der Waals surface area contributed by atoms with Crippen LogP contribution in [0.5, 0.6) is 0 Å². The van der Waals surface area contributed by atoms with Gasteiger partial charge < -0.3 is 0 Å². The molecular formula is C14H11NS2. The van der Waals surface area contributed by atoms with Crippen molar-refractivity contribution in [3.8, 4) is 20.3 Å². The molecule has 17 heavy (non-hydrogen) atoms. The van der Waals surface area contributed by atoms with Crippen molar-refractivity contribution >= 4 is 22.7 Å². The van der Waals surface area contributed by atoms with Crippen molar-refractivity contribution in [3.05, 3.63) is 53.5 Å². The molecule has 0 N–H and O–H groups in total. The van der Waals surface area contributed by atoms with Crippen LogP contribution in [0.15, 0.2) is 48.7 Å². The van der Waals surface area contributed by atoms with Crippen molar-refractivity contribution in [1.82, 2.24) is 4.98 Å². The van der Waals surface area contributed by atoms with E-state index in [4.69, 9.17) is 0 Å². The third-order valence-electron chi connectivity index (χ3n) is 2.51. The Hall–Kier alpha value is -1.45. The van der Waals surface area contributed by atoms with Crippen molar-refractivity contribution in [3.63, 3.8) is 0 Å². The first kappa shape index (κ1) is 10.7. The maximum Gasteiger partial charge on any atom is 0.0801 e. The van der Waals surface area contributed by atoms with Crippen LogP contribution in [0.1, 0.15) is 4.88 Å². The standard InChI is InChI=1S/C14H11NS2/c1-10-5-6-13(16-10)14-8-7-12(17-14)11-4-2-3-9-15-11/h2-9H,1H3. The highest BCUT2D eigenvalue weighted by Crippen LogP contribution is 2.36. The molecule has 3 rings (SSSR count). The molecule has 3 heterocycles. The number of nitrogens with zero attached hydrogens (tertiary/aromatic N) is 1. The highest BCUT2D eigenvalue weighted by Gasteiger charge is 2.06. The van der Waals surface area contributed by atoms with Crippen LogP contribution in [-0.2, 0) is 0 Å². The van der Waals surface area contributed by atoms with E-state index in [1.807, 2.05) is 29.7 Å². The van der Waals surface area contributed by atoms with Gasteiger partial charge >= 0.3 is 0 Å². The number of hydrogen-bond donors (Lipinski definition) is 0. The minimum Gasteiger partial charge on any atom is -0.255 e. The normalized spacial score (nSPS) is 10.6. The highest BCUT2D eigenvalue weighted by molar-refractivity contribution is 7.23. The number of rotatable bonds is 2. The second kappa shape index (κ2) is 4.43. The molecule has 3 aromatic rings. The molecule has 0 aliphatic rings. The van der Waals surface area contributed by atoms with Crippen LogP contribution in [-0.4, -0.2) is 4.98 Å². The first-order valence-corrected chi connectivity index (χ1v) is 7.04. The van der Waals surface area contributed by atoms with Crippen molar-refractivity contribution in [2.24, 2.45) is 0 Å². The van der Waals surface area contributed by atoms with Crippen LogP contribution >= 0.6 is 22.7 Å². The molecule has 0 amide bonds. The molecular weight excluding hydrogens is 246 g/mol. The maximum absolute atomic E-state index is 4.38. The minimum absolute atomic E-state index is 1.05. The number of aryl methyl sites for hydroxylation is 1. The first-order valence-electron chi connectivity index (χ1n) is 5.41. The Balaban J connectivity index is 1.99. The molecule has 0 radical (unpaired) electrons. The fourth-order valence-electron chi connectivity index (χ4n) is 1.68. The first-order chi connectivity index (χ1) is 8.33. The smallest absolute Gasteiger partial charge is 0.0801 e. The molecule has 3 aromatic heterocycles. The van der Waals surface area contributed by atoms with Crippen molar-refractivity contribution in [1.29, 1.82) is 0 Å². The minimum atomic E-state index is 1.05. The summed E-state index contributed by atoms with van der Waals surface area (Å²) >= 11 is 3.64. The van der Waals surface area contributed by atoms with Gasteiger partial charge in [0, 0.05) is 20.8 Å². The van der Waals surface area contributed by atoms with E-state index in [-0.39, 0.29) is 0 Å². The fourth-order valence-corrected chi connectivity index (χ4v) is 3.62. The van der Waals surface area contributed by atoms with Crippen LogP contribution in [0, 0.1) is 6.92 Å². The molecule has 0 aromatic carbocycles. The molecule has 84 valence electrons. The van der Waals surface area contributed by atoms with Crippen molar-refractivity contribution in [2.75, 3.05) is 0 Å². The van der Waals surface area contributed by atoms with Gasteiger partial charge in [0.05, 0.1) is 10.6 Å². The van der Waals surface area contributed by atoms with E-state index in [2.05, 4.69) is 42.2 Å². The van der Waals surface area contributed by atoms with Gasteiger partial charge in [0.15, 0.2) is 0 Å². The van der Waals surface area contributed by atoms with E-state index >= 15 is 0 Å². The van der Waals surface area contributed by atoms with Gasteiger partial charge in [-0.1, -0.05) is 6.07 Å². The number of thiophene rings is 2. The Morgan fingerprint density at radius 2 is 1.59 bits per heavy atom. The summed E-state index contributed by atoms with van der Waals surface area (Å²) in [6.45, 7) is 2.14. The van der Waals surface area contributed by atoms with Crippen LogP contribution < -0.4 is 0 Å². The lowest BCUT2D eigenvalue weighted by atomic mass is 10.3. The number of aromatic nitrogens is 1. The topological polar surface area (TPSA) is 12.9 Å². The summed E-state index contributed by atoms with van der Waals surface area (Å²) in [4.78, 5) is 9.62. The van der Waals surface area contributed by atoms with Crippen molar-refractivity contribution in [2.45, 2.75) is 6.92 Å². The van der Waals surface area contributed by atoms with E-state index in [0.29, 0.717) is 0 Å². The lowest BCUT2D eigenvalue weighted by Crippen LogP contribution is -1.75. The zero-order valence-corrected chi connectivity index (χ0v) is 11.0. The highest BCUT2D eigenvalue weighted by atomic mass is 32.1. The van der Waals surface area contributed by atoms with Gasteiger partial charge in [-0.2, -0.15) is 0 Å². The summed E-state index contributed by atoms with van der Waals surface area (Å²) in [6, 6.07) is 14.7. The predicted molar refractivity (Wildman–Crippen MR) is 75.6 cm³/mol. The third-order valence-corrected chi connectivity index (χ3v) is 4.81. The molecule has 0 saturated carbocycles. The van der Waals surface area contributed by atoms with Crippen LogP contribution in [0.3, 0.4) is 0 Å². The second-order valence-corrected chi connectivity index (χ2v) is 6.16. The van der Waals surface area contributed by atoms with E-state index in [1.54, 1.807) is 11.3 Å². The maximum atomic E-state index is 4.38. The van der Waals surface area contributed by atoms with Gasteiger partial charge in [0.1, 0.15) is 0 Å². The molecule has 0 spiro atoms. The quantitative estimate of drug-likeness (QED) is 0.639. The Labute approximate surface area is 108 Å². The average molecular weight is 257 g/mol. The molecule has 0 fully saturated rings. The fraction of sp³-hybridized carbons (Fsp3) is 0.0714. The van der Waals surface area contributed by atoms with Crippen LogP contribution in [0.25, 0.3) is 20.3 Å². The molecule has 0 saturated heterocycles. The summed E-state index contributed by atoms with van der Waals surface area (Å²) in [5.41, 5.74) is 1.05. The lowest BCUT2D eigenvalue weighted by Gasteiger charge is -1.93. The molecule has 0 aliphatic carbocycles. The Morgan fingerprint density at radius 3 is 2.29 bits per heavy atom. The molecule has 3 heteroatoms. The largest absolute Gasteiger partial charge is 0.255 e. The van der Waals surface area contributed by atoms with Crippen molar-refractivity contribution < 1.29 is 0 Å². The predicted octanol–water partition coefficient (Wildman–Crippen LogP) is 4.85. The van der Waals surface area contributed by atoms with Gasteiger partial charge in [-0.25, -0.2) is 0 Å². The zero-order valence-electron chi connectivity index (χ0n) is 9.38. The Morgan fingerprint density at radius 1 is 0.824 bits per heavy atom. The Bertz CT molecular complexity index is 622. The summed E-state index contributed by atoms with van der Waals surface area (Å²) in [5.74, 6) is 0. The van der Waals surface area contributed by atoms with Gasteiger partial charge in [-0.3, -0.25) is 4.98 Å². The number of pyridine rings is 1. The molecule has 0 bridgehead atoms. The second-order valence-electron chi connectivity index (χ2n) is 3.79. The summed E-state index contributed by atoms with van der Waals surface area (Å²) < 4.78 is 0. The zero-order chi connectivity index (χ0) is 11.7. The van der Waals surface area contributed by atoms with Crippen LogP contribution in [0.2, 0.25) is 0 Å². The van der Waals surface area contributed by atoms with E-state index in [1.165, 1.54) is 19.5 Å². The summed E-state index contributed by atoms with van der Waals surface area (Å²) in [6.07, 6.45) is 1.84. The van der Waals surface area contributed by atoms with E-state index in [9.17, 15) is 0 Å².